The molecule has 0 bridgehead atoms. The van der Waals surface area contributed by atoms with Gasteiger partial charge in [-0.2, -0.15) is 10.4 Å². The molecule has 3 aromatic rings. The first kappa shape index (κ1) is 20.6. The molecule has 0 aliphatic carbocycles. The summed E-state index contributed by atoms with van der Waals surface area (Å²) >= 11 is 0. The number of nitrogens with zero attached hydrogens (tertiary/aromatic N) is 7. The molecule has 1 aromatic carbocycles. The van der Waals surface area contributed by atoms with Crippen molar-refractivity contribution in [1.82, 2.24) is 24.2 Å². The molecule has 1 saturated heterocycles. The first-order valence-electron chi connectivity index (χ1n) is 10.4. The minimum atomic E-state index is -0.0887. The first-order chi connectivity index (χ1) is 14.9. The molecule has 31 heavy (non-hydrogen) atoms. The lowest BCUT2D eigenvalue weighted by Gasteiger charge is -2.36. The van der Waals surface area contributed by atoms with Crippen LogP contribution in [0.1, 0.15) is 35.0 Å². The molecule has 0 atom stereocenters. The molecule has 0 unspecified atom stereocenters. The molecule has 160 valence electrons. The van der Waals surface area contributed by atoms with E-state index in [1.807, 2.05) is 13.8 Å². The second-order valence-electron chi connectivity index (χ2n) is 7.75. The van der Waals surface area contributed by atoms with Crippen LogP contribution in [-0.4, -0.2) is 56.3 Å². The molecule has 9 nitrogen and oxygen atoms in total. The number of nitriles is 1. The number of aryl methyl sites for hydroxylation is 2. The third-order valence-electron chi connectivity index (χ3n) is 5.63. The Morgan fingerprint density at radius 3 is 2.65 bits per heavy atom. The number of hydrogen-bond acceptors (Lipinski definition) is 6. The molecular formula is C22H25N7O2. The normalized spacial score (nSPS) is 14.1. The number of anilines is 1. The van der Waals surface area contributed by atoms with E-state index >= 15 is 0 Å². The molecule has 1 fully saturated rings. The molecule has 1 aliphatic rings. The van der Waals surface area contributed by atoms with Gasteiger partial charge in [0.25, 0.3) is 11.5 Å². The summed E-state index contributed by atoms with van der Waals surface area (Å²) in [5.74, 6) is 0.545. The molecule has 4 rings (SSSR count). The van der Waals surface area contributed by atoms with Crippen LogP contribution in [0.5, 0.6) is 0 Å². The van der Waals surface area contributed by atoms with Crippen molar-refractivity contribution in [2.75, 3.05) is 31.1 Å². The maximum absolute atomic E-state index is 13.2. The van der Waals surface area contributed by atoms with Gasteiger partial charge in [0.05, 0.1) is 17.3 Å². The third-order valence-corrected chi connectivity index (χ3v) is 5.63. The van der Waals surface area contributed by atoms with Crippen LogP contribution in [0.4, 0.5) is 5.95 Å². The van der Waals surface area contributed by atoms with Gasteiger partial charge in [-0.1, -0.05) is 13.0 Å². The fourth-order valence-corrected chi connectivity index (χ4v) is 4.08. The van der Waals surface area contributed by atoms with Crippen molar-refractivity contribution in [2.24, 2.45) is 7.05 Å². The number of carbonyl (C=O) groups is 1. The lowest BCUT2D eigenvalue weighted by atomic mass is 10.1. The van der Waals surface area contributed by atoms with Crippen molar-refractivity contribution in [3.05, 3.63) is 51.4 Å². The van der Waals surface area contributed by atoms with E-state index < -0.39 is 0 Å². The molecule has 0 radical (unpaired) electrons. The van der Waals surface area contributed by atoms with Crippen LogP contribution in [-0.2, 0) is 13.6 Å². The van der Waals surface area contributed by atoms with Gasteiger partial charge in [-0.3, -0.25) is 18.8 Å². The standard InChI is InChI=1S/C22H25N7O2/c1-4-8-29-21(31)19-18(15(2)25-26(19)3)24-22(29)28-11-9-27(10-12-28)20(30)17-7-5-6-16(13-17)14-23/h5-7,13H,4,8-12H2,1-3H3. The number of piperazine rings is 1. The van der Waals surface area contributed by atoms with E-state index in [4.69, 9.17) is 10.2 Å². The van der Waals surface area contributed by atoms with Gasteiger partial charge in [0.15, 0.2) is 5.52 Å². The van der Waals surface area contributed by atoms with Crippen LogP contribution in [0.15, 0.2) is 29.1 Å². The summed E-state index contributed by atoms with van der Waals surface area (Å²) in [5, 5.41) is 13.4. The van der Waals surface area contributed by atoms with E-state index in [2.05, 4.69) is 16.1 Å². The summed E-state index contributed by atoms with van der Waals surface area (Å²) in [5.41, 5.74) is 2.77. The number of rotatable bonds is 4. The minimum absolute atomic E-state index is 0.0863. The minimum Gasteiger partial charge on any atom is -0.339 e. The van der Waals surface area contributed by atoms with Crippen LogP contribution in [0, 0.1) is 18.3 Å². The Morgan fingerprint density at radius 1 is 1.23 bits per heavy atom. The van der Waals surface area contributed by atoms with E-state index in [-0.39, 0.29) is 11.5 Å². The van der Waals surface area contributed by atoms with Crippen LogP contribution < -0.4 is 10.5 Å². The SMILES string of the molecule is CCCn1c(N2CCN(C(=O)c3cccc(C#N)c3)CC2)nc2c(C)nn(C)c2c1=O. The number of benzene rings is 1. The molecule has 0 spiro atoms. The van der Waals surface area contributed by atoms with Gasteiger partial charge in [-0.15, -0.1) is 0 Å². The average molecular weight is 419 g/mol. The van der Waals surface area contributed by atoms with E-state index in [9.17, 15) is 9.59 Å². The second-order valence-corrected chi connectivity index (χ2v) is 7.75. The molecule has 1 amide bonds. The van der Waals surface area contributed by atoms with Crippen molar-refractivity contribution < 1.29 is 4.79 Å². The van der Waals surface area contributed by atoms with Gasteiger partial charge in [0, 0.05) is 45.3 Å². The van der Waals surface area contributed by atoms with Crippen LogP contribution in [0.3, 0.4) is 0 Å². The van der Waals surface area contributed by atoms with Gasteiger partial charge >= 0.3 is 0 Å². The van der Waals surface area contributed by atoms with Crippen LogP contribution in [0.2, 0.25) is 0 Å². The molecule has 1 aliphatic heterocycles. The number of amides is 1. The summed E-state index contributed by atoms with van der Waals surface area (Å²) in [6, 6.07) is 8.83. The Kier molecular flexibility index (Phi) is 5.46. The van der Waals surface area contributed by atoms with Crippen LogP contribution >= 0.6 is 0 Å². The summed E-state index contributed by atoms with van der Waals surface area (Å²) in [4.78, 5) is 34.7. The molecular weight excluding hydrogens is 394 g/mol. The third kappa shape index (κ3) is 3.65. The quantitative estimate of drug-likeness (QED) is 0.638. The maximum Gasteiger partial charge on any atom is 0.281 e. The number of hydrogen-bond donors (Lipinski definition) is 0. The molecule has 0 N–H and O–H groups in total. The Balaban J connectivity index is 1.60. The zero-order chi connectivity index (χ0) is 22.1. The van der Waals surface area contributed by atoms with Crippen molar-refractivity contribution in [3.63, 3.8) is 0 Å². The second kappa shape index (κ2) is 8.22. The average Bonchev–Trinajstić information content (AvgIpc) is 3.08. The summed E-state index contributed by atoms with van der Waals surface area (Å²) in [7, 11) is 1.76. The lowest BCUT2D eigenvalue weighted by Crippen LogP contribution is -2.50. The van der Waals surface area contributed by atoms with Crippen molar-refractivity contribution in [3.8, 4) is 6.07 Å². The van der Waals surface area contributed by atoms with E-state index in [0.29, 0.717) is 60.8 Å². The Morgan fingerprint density at radius 2 is 1.97 bits per heavy atom. The highest BCUT2D eigenvalue weighted by atomic mass is 16.2. The fraction of sp³-hybridized carbons (Fsp3) is 0.409. The zero-order valence-electron chi connectivity index (χ0n) is 18.0. The maximum atomic E-state index is 13.2. The van der Waals surface area contributed by atoms with Gasteiger partial charge in [-0.05, 0) is 31.5 Å². The predicted octanol–water partition coefficient (Wildman–Crippen LogP) is 1.68. The van der Waals surface area contributed by atoms with E-state index in [0.717, 1.165) is 12.1 Å². The van der Waals surface area contributed by atoms with Crippen LogP contribution in [0.25, 0.3) is 11.0 Å². The topological polar surface area (TPSA) is 100 Å². The fourth-order valence-electron chi connectivity index (χ4n) is 4.08. The van der Waals surface area contributed by atoms with Crippen molar-refractivity contribution in [2.45, 2.75) is 26.8 Å². The number of fused-ring (bicyclic) bond motifs is 1. The monoisotopic (exact) mass is 419 g/mol. The lowest BCUT2D eigenvalue weighted by molar-refractivity contribution is 0.0746. The molecule has 0 saturated carbocycles. The van der Waals surface area contributed by atoms with E-state index in [1.54, 1.807) is 45.5 Å². The van der Waals surface area contributed by atoms with Gasteiger partial charge in [0.1, 0.15) is 5.52 Å². The Labute approximate surface area is 180 Å². The first-order valence-corrected chi connectivity index (χ1v) is 10.4. The Bertz CT molecular complexity index is 1240. The predicted molar refractivity (Wildman–Crippen MR) is 117 cm³/mol. The largest absolute Gasteiger partial charge is 0.339 e. The van der Waals surface area contributed by atoms with E-state index in [1.165, 1.54) is 0 Å². The zero-order valence-corrected chi connectivity index (χ0v) is 18.0. The highest BCUT2D eigenvalue weighted by Crippen LogP contribution is 2.20. The number of aromatic nitrogens is 4. The highest BCUT2D eigenvalue weighted by molar-refractivity contribution is 5.94. The van der Waals surface area contributed by atoms with Crippen molar-refractivity contribution >= 4 is 22.9 Å². The van der Waals surface area contributed by atoms with Gasteiger partial charge < -0.3 is 9.80 Å². The highest BCUT2D eigenvalue weighted by Gasteiger charge is 2.26. The van der Waals surface area contributed by atoms with Gasteiger partial charge in [-0.25, -0.2) is 4.98 Å². The molecule has 2 aromatic heterocycles. The summed E-state index contributed by atoms with van der Waals surface area (Å²) in [6.45, 7) is 6.63. The Hall–Kier alpha value is -3.67. The van der Waals surface area contributed by atoms with Crippen molar-refractivity contribution in [1.29, 1.82) is 5.26 Å². The molecule has 3 heterocycles. The number of carbonyl (C=O) groups excluding carboxylic acids is 1. The summed E-state index contributed by atoms with van der Waals surface area (Å²) < 4.78 is 3.32. The molecule has 9 heteroatoms. The van der Waals surface area contributed by atoms with Gasteiger partial charge in [0.2, 0.25) is 5.95 Å². The smallest absolute Gasteiger partial charge is 0.281 e. The summed E-state index contributed by atoms with van der Waals surface area (Å²) in [6.07, 6.45) is 0.810.